The third-order valence-corrected chi connectivity index (χ3v) is 4.11. The van der Waals surface area contributed by atoms with Crippen molar-refractivity contribution >= 4 is 17.9 Å². The second-order valence-corrected chi connectivity index (χ2v) is 5.86. The van der Waals surface area contributed by atoms with Crippen LogP contribution in [-0.4, -0.2) is 54.8 Å². The summed E-state index contributed by atoms with van der Waals surface area (Å²) in [5.41, 5.74) is 0. The van der Waals surface area contributed by atoms with Crippen LogP contribution in [0.25, 0.3) is 0 Å². The van der Waals surface area contributed by atoms with Gasteiger partial charge in [0.25, 0.3) is 0 Å². The second kappa shape index (κ2) is 9.50. The lowest BCUT2D eigenvalue weighted by molar-refractivity contribution is 0.0951. The van der Waals surface area contributed by atoms with Gasteiger partial charge >= 0.3 is 6.09 Å². The van der Waals surface area contributed by atoms with E-state index < -0.39 is 0 Å². The summed E-state index contributed by atoms with van der Waals surface area (Å²) in [6.45, 7) is 7.24. The molecule has 0 aromatic carbocycles. The van der Waals surface area contributed by atoms with Crippen LogP contribution in [-0.2, 0) is 4.74 Å². The maximum Gasteiger partial charge on any atom is 0.409 e. The Labute approximate surface area is 115 Å². The number of carbonyl (C=O) groups is 1. The van der Waals surface area contributed by atoms with Gasteiger partial charge in [0, 0.05) is 19.1 Å². The number of piperidine rings is 1. The molecule has 5 heteroatoms. The van der Waals surface area contributed by atoms with Crippen molar-refractivity contribution < 1.29 is 9.53 Å². The summed E-state index contributed by atoms with van der Waals surface area (Å²) in [4.78, 5) is 13.3. The van der Waals surface area contributed by atoms with Crippen molar-refractivity contribution in [2.24, 2.45) is 0 Å². The van der Waals surface area contributed by atoms with E-state index in [-0.39, 0.29) is 6.09 Å². The van der Waals surface area contributed by atoms with Crippen LogP contribution in [0.2, 0.25) is 0 Å². The zero-order valence-corrected chi connectivity index (χ0v) is 12.4. The van der Waals surface area contributed by atoms with E-state index in [0.29, 0.717) is 12.6 Å². The van der Waals surface area contributed by atoms with Gasteiger partial charge in [-0.15, -0.1) is 0 Å². The Morgan fingerprint density at radius 3 is 2.72 bits per heavy atom. The minimum atomic E-state index is -0.157. The highest BCUT2D eigenvalue weighted by atomic mass is 32.2. The Hall–Kier alpha value is -0.420. The standard InChI is InChI=1S/C13H26N2O2S/c1-3-17-13(16)15-9-6-12(7-10-15)14-8-5-11-18-4-2/h12,14H,3-11H2,1-2H3. The molecule has 4 nitrogen and oxygen atoms in total. The van der Waals surface area contributed by atoms with Crippen LogP contribution in [0.4, 0.5) is 4.79 Å². The fourth-order valence-electron chi connectivity index (χ4n) is 2.11. The summed E-state index contributed by atoms with van der Waals surface area (Å²) in [5, 5.41) is 3.58. The lowest BCUT2D eigenvalue weighted by Crippen LogP contribution is -2.45. The summed E-state index contributed by atoms with van der Waals surface area (Å²) in [5.74, 6) is 2.45. The quantitative estimate of drug-likeness (QED) is 0.724. The summed E-state index contributed by atoms with van der Waals surface area (Å²) < 4.78 is 5.01. The zero-order chi connectivity index (χ0) is 13.2. The zero-order valence-electron chi connectivity index (χ0n) is 11.6. The van der Waals surface area contributed by atoms with Gasteiger partial charge in [0.05, 0.1) is 6.61 Å². The highest BCUT2D eigenvalue weighted by Crippen LogP contribution is 2.11. The van der Waals surface area contributed by atoms with E-state index in [1.807, 2.05) is 23.6 Å². The van der Waals surface area contributed by atoms with Crippen LogP contribution in [0, 0.1) is 0 Å². The van der Waals surface area contributed by atoms with Gasteiger partial charge in [-0.2, -0.15) is 11.8 Å². The van der Waals surface area contributed by atoms with Crippen molar-refractivity contribution in [3.8, 4) is 0 Å². The second-order valence-electron chi connectivity index (χ2n) is 4.46. The fourth-order valence-corrected chi connectivity index (χ4v) is 2.74. The molecule has 1 aliphatic rings. The van der Waals surface area contributed by atoms with E-state index in [1.54, 1.807) is 0 Å². The highest BCUT2D eigenvalue weighted by Gasteiger charge is 2.22. The number of amides is 1. The lowest BCUT2D eigenvalue weighted by atomic mass is 10.1. The number of hydrogen-bond donors (Lipinski definition) is 1. The van der Waals surface area contributed by atoms with Crippen molar-refractivity contribution in [2.45, 2.75) is 39.2 Å². The monoisotopic (exact) mass is 274 g/mol. The van der Waals surface area contributed by atoms with E-state index in [2.05, 4.69) is 12.2 Å². The third kappa shape index (κ3) is 5.96. The molecule has 0 aromatic rings. The van der Waals surface area contributed by atoms with E-state index in [9.17, 15) is 4.79 Å². The number of thioether (sulfide) groups is 1. The first kappa shape index (κ1) is 15.6. The predicted octanol–water partition coefficient (Wildman–Crippen LogP) is 2.34. The van der Waals surface area contributed by atoms with Gasteiger partial charge in [-0.1, -0.05) is 6.92 Å². The van der Waals surface area contributed by atoms with Crippen molar-refractivity contribution in [1.82, 2.24) is 10.2 Å². The molecule has 0 radical (unpaired) electrons. The SMILES string of the molecule is CCOC(=O)N1CCC(NCCCSCC)CC1. The van der Waals surface area contributed by atoms with Crippen molar-refractivity contribution in [3.05, 3.63) is 0 Å². The Morgan fingerprint density at radius 2 is 2.11 bits per heavy atom. The molecule has 1 saturated heterocycles. The Balaban J connectivity index is 2.06. The molecule has 1 aliphatic heterocycles. The van der Waals surface area contributed by atoms with Gasteiger partial charge < -0.3 is 15.0 Å². The van der Waals surface area contributed by atoms with E-state index in [4.69, 9.17) is 4.74 Å². The first-order valence-electron chi connectivity index (χ1n) is 7.00. The van der Waals surface area contributed by atoms with Crippen LogP contribution in [0.15, 0.2) is 0 Å². The molecule has 0 aliphatic carbocycles. The van der Waals surface area contributed by atoms with Crippen LogP contribution < -0.4 is 5.32 Å². The predicted molar refractivity (Wildman–Crippen MR) is 77.2 cm³/mol. The molecule has 1 fully saturated rings. The molecule has 1 N–H and O–H groups in total. The van der Waals surface area contributed by atoms with Crippen molar-refractivity contribution in [2.75, 3.05) is 37.7 Å². The average Bonchev–Trinajstić information content (AvgIpc) is 2.39. The van der Waals surface area contributed by atoms with Gasteiger partial charge in [0.1, 0.15) is 0 Å². The molecule has 0 atom stereocenters. The summed E-state index contributed by atoms with van der Waals surface area (Å²) >= 11 is 2.00. The molecule has 0 saturated carbocycles. The average molecular weight is 274 g/mol. The number of ether oxygens (including phenoxy) is 1. The Bertz CT molecular complexity index is 231. The molecule has 0 spiro atoms. The van der Waals surface area contributed by atoms with Crippen LogP contribution in [0.3, 0.4) is 0 Å². The Kier molecular flexibility index (Phi) is 8.25. The van der Waals surface area contributed by atoms with Crippen molar-refractivity contribution in [3.63, 3.8) is 0 Å². The van der Waals surface area contributed by atoms with Gasteiger partial charge in [-0.3, -0.25) is 0 Å². The maximum absolute atomic E-state index is 11.5. The molecule has 18 heavy (non-hydrogen) atoms. The molecular weight excluding hydrogens is 248 g/mol. The molecule has 106 valence electrons. The van der Waals surface area contributed by atoms with Crippen molar-refractivity contribution in [1.29, 1.82) is 0 Å². The summed E-state index contributed by atoms with van der Waals surface area (Å²) in [6, 6.07) is 0.572. The van der Waals surface area contributed by atoms with E-state index in [0.717, 1.165) is 32.5 Å². The number of likely N-dealkylation sites (tertiary alicyclic amines) is 1. The normalized spacial score (nSPS) is 16.9. The van der Waals surface area contributed by atoms with Gasteiger partial charge in [-0.05, 0) is 44.2 Å². The van der Waals surface area contributed by atoms with E-state index in [1.165, 1.54) is 17.9 Å². The minimum absolute atomic E-state index is 0.157. The fraction of sp³-hybridized carbons (Fsp3) is 0.923. The van der Waals surface area contributed by atoms with Crippen LogP contribution in [0.1, 0.15) is 33.1 Å². The van der Waals surface area contributed by atoms with Crippen LogP contribution >= 0.6 is 11.8 Å². The highest BCUT2D eigenvalue weighted by molar-refractivity contribution is 7.99. The first-order valence-corrected chi connectivity index (χ1v) is 8.16. The number of nitrogens with one attached hydrogen (secondary N) is 1. The number of hydrogen-bond acceptors (Lipinski definition) is 4. The molecule has 1 rings (SSSR count). The van der Waals surface area contributed by atoms with Gasteiger partial charge in [-0.25, -0.2) is 4.79 Å². The smallest absolute Gasteiger partial charge is 0.409 e. The van der Waals surface area contributed by atoms with E-state index >= 15 is 0 Å². The third-order valence-electron chi connectivity index (χ3n) is 3.12. The molecule has 1 heterocycles. The molecular formula is C13H26N2O2S. The maximum atomic E-state index is 11.5. The van der Waals surface area contributed by atoms with Gasteiger partial charge in [0.15, 0.2) is 0 Å². The number of carbonyl (C=O) groups excluding carboxylic acids is 1. The molecule has 0 unspecified atom stereocenters. The number of nitrogens with zero attached hydrogens (tertiary/aromatic N) is 1. The largest absolute Gasteiger partial charge is 0.450 e. The Morgan fingerprint density at radius 1 is 1.39 bits per heavy atom. The lowest BCUT2D eigenvalue weighted by Gasteiger charge is -2.31. The minimum Gasteiger partial charge on any atom is -0.450 e. The van der Waals surface area contributed by atoms with Crippen LogP contribution in [0.5, 0.6) is 0 Å². The molecule has 0 aromatic heterocycles. The molecule has 1 amide bonds. The summed E-state index contributed by atoms with van der Waals surface area (Å²) in [7, 11) is 0. The first-order chi connectivity index (χ1) is 8.77. The molecule has 0 bridgehead atoms. The van der Waals surface area contributed by atoms with Gasteiger partial charge in [0.2, 0.25) is 0 Å². The number of rotatable bonds is 7. The topological polar surface area (TPSA) is 41.6 Å². The summed E-state index contributed by atoms with van der Waals surface area (Å²) in [6.07, 6.45) is 3.16.